The summed E-state index contributed by atoms with van der Waals surface area (Å²) in [6, 6.07) is 4.08. The van der Waals surface area contributed by atoms with Gasteiger partial charge in [-0.25, -0.2) is 4.98 Å². The van der Waals surface area contributed by atoms with Gasteiger partial charge in [0.1, 0.15) is 17.4 Å². The van der Waals surface area contributed by atoms with Gasteiger partial charge in [-0.2, -0.15) is 0 Å². The van der Waals surface area contributed by atoms with E-state index in [2.05, 4.69) is 29.9 Å². The van der Waals surface area contributed by atoms with E-state index in [4.69, 9.17) is 4.74 Å². The second-order valence-corrected chi connectivity index (χ2v) is 4.76. The van der Waals surface area contributed by atoms with Gasteiger partial charge in [-0.3, -0.25) is 4.79 Å². The van der Waals surface area contributed by atoms with Crippen LogP contribution in [-0.2, 0) is 11.2 Å². The molecule has 0 aliphatic heterocycles. The van der Waals surface area contributed by atoms with Gasteiger partial charge in [0.25, 0.3) is 0 Å². The number of H-pyrrole nitrogens is 1. The summed E-state index contributed by atoms with van der Waals surface area (Å²) in [6.45, 7) is 5.67. The summed E-state index contributed by atoms with van der Waals surface area (Å²) < 4.78 is 5.41. The zero-order chi connectivity index (χ0) is 14.0. The topological polar surface area (TPSA) is 55.0 Å². The Morgan fingerprint density at radius 3 is 2.63 bits per heavy atom. The number of aromatic nitrogens is 2. The molecule has 1 aromatic carbocycles. The van der Waals surface area contributed by atoms with Crippen molar-refractivity contribution in [3.63, 3.8) is 0 Å². The van der Waals surface area contributed by atoms with Gasteiger partial charge in [0, 0.05) is 5.56 Å². The lowest BCUT2D eigenvalue weighted by Crippen LogP contribution is -1.98. The van der Waals surface area contributed by atoms with Crippen LogP contribution in [0.2, 0.25) is 0 Å². The van der Waals surface area contributed by atoms with Gasteiger partial charge in [-0.05, 0) is 44.0 Å². The maximum absolute atomic E-state index is 11.1. The zero-order valence-electron chi connectivity index (χ0n) is 11.7. The van der Waals surface area contributed by atoms with Crippen LogP contribution in [0.5, 0.6) is 5.75 Å². The van der Waals surface area contributed by atoms with Crippen molar-refractivity contribution in [1.29, 1.82) is 0 Å². The normalized spacial score (nSPS) is 10.5. The van der Waals surface area contributed by atoms with Crippen molar-refractivity contribution >= 4 is 5.78 Å². The van der Waals surface area contributed by atoms with Crippen LogP contribution in [0.15, 0.2) is 18.3 Å². The fraction of sp³-hybridized carbons (Fsp3) is 0.333. The molecule has 2 aromatic rings. The van der Waals surface area contributed by atoms with E-state index in [-0.39, 0.29) is 5.78 Å². The molecule has 4 heteroatoms. The Morgan fingerprint density at radius 1 is 1.32 bits per heavy atom. The van der Waals surface area contributed by atoms with Crippen LogP contribution in [0.1, 0.15) is 23.9 Å². The average Bonchev–Trinajstić information content (AvgIpc) is 2.79. The molecule has 0 saturated carbocycles. The monoisotopic (exact) mass is 258 g/mol. The minimum absolute atomic E-state index is 0.0907. The molecule has 1 N–H and O–H groups in total. The fourth-order valence-electron chi connectivity index (χ4n) is 1.99. The lowest BCUT2D eigenvalue weighted by atomic mass is 10.0. The highest BCUT2D eigenvalue weighted by atomic mass is 16.5. The van der Waals surface area contributed by atoms with Crippen LogP contribution in [0.3, 0.4) is 0 Å². The number of aromatic amines is 1. The van der Waals surface area contributed by atoms with Crippen LogP contribution in [0.25, 0.3) is 11.3 Å². The molecule has 0 amide bonds. The van der Waals surface area contributed by atoms with Crippen molar-refractivity contribution in [3.05, 3.63) is 35.3 Å². The Hall–Kier alpha value is -2.10. The van der Waals surface area contributed by atoms with E-state index in [1.165, 1.54) is 11.1 Å². The third-order valence-electron chi connectivity index (χ3n) is 3.15. The molecular weight excluding hydrogens is 240 g/mol. The number of hydrogen-bond acceptors (Lipinski definition) is 3. The smallest absolute Gasteiger partial charge is 0.137 e. The third-order valence-corrected chi connectivity index (χ3v) is 3.15. The molecule has 1 aromatic heterocycles. The molecule has 0 radical (unpaired) electrons. The van der Waals surface area contributed by atoms with Gasteiger partial charge in [0.15, 0.2) is 0 Å². The predicted octanol–water partition coefficient (Wildman–Crippen LogP) is 2.83. The minimum atomic E-state index is 0.0907. The summed E-state index contributed by atoms with van der Waals surface area (Å²) in [6.07, 6.45) is 2.07. The molecule has 0 unspecified atom stereocenters. The molecule has 0 aliphatic rings. The van der Waals surface area contributed by atoms with Crippen molar-refractivity contribution < 1.29 is 9.53 Å². The van der Waals surface area contributed by atoms with E-state index < -0.39 is 0 Å². The molecule has 0 saturated heterocycles. The molecule has 4 nitrogen and oxygen atoms in total. The first-order valence-corrected chi connectivity index (χ1v) is 6.20. The minimum Gasteiger partial charge on any atom is -0.496 e. The van der Waals surface area contributed by atoms with Crippen molar-refractivity contribution in [1.82, 2.24) is 9.97 Å². The molecule has 0 aliphatic carbocycles. The first kappa shape index (κ1) is 13.3. The molecule has 2 rings (SSSR count). The highest BCUT2D eigenvalue weighted by molar-refractivity contribution is 5.77. The first-order valence-electron chi connectivity index (χ1n) is 6.20. The van der Waals surface area contributed by atoms with Gasteiger partial charge in [-0.1, -0.05) is 0 Å². The molecule has 1 heterocycles. The van der Waals surface area contributed by atoms with Gasteiger partial charge >= 0.3 is 0 Å². The number of methoxy groups -OCH3 is 1. The van der Waals surface area contributed by atoms with Crippen molar-refractivity contribution in [2.45, 2.75) is 27.2 Å². The summed E-state index contributed by atoms with van der Waals surface area (Å²) in [5.41, 5.74) is 4.21. The number of imidazole rings is 1. The highest BCUT2D eigenvalue weighted by Crippen LogP contribution is 2.31. The third kappa shape index (κ3) is 2.84. The van der Waals surface area contributed by atoms with Gasteiger partial charge < -0.3 is 9.72 Å². The summed E-state index contributed by atoms with van der Waals surface area (Å²) >= 11 is 0. The number of ether oxygens (including phenoxy) is 1. The first-order chi connectivity index (χ1) is 9.01. The molecule has 0 spiro atoms. The van der Waals surface area contributed by atoms with Crippen LogP contribution < -0.4 is 4.74 Å². The van der Waals surface area contributed by atoms with Gasteiger partial charge in [-0.15, -0.1) is 0 Å². The number of ketones is 1. The lowest BCUT2D eigenvalue weighted by Gasteiger charge is -2.10. The Bertz CT molecular complexity index is 615. The van der Waals surface area contributed by atoms with Crippen LogP contribution in [0, 0.1) is 13.8 Å². The summed E-state index contributed by atoms with van der Waals surface area (Å²) in [7, 11) is 1.65. The van der Waals surface area contributed by atoms with Crippen molar-refractivity contribution in [2.75, 3.05) is 7.11 Å². The molecule has 0 bridgehead atoms. The quantitative estimate of drug-likeness (QED) is 0.917. The van der Waals surface area contributed by atoms with E-state index in [0.717, 1.165) is 17.0 Å². The Kier molecular flexibility index (Phi) is 3.69. The maximum Gasteiger partial charge on any atom is 0.137 e. The summed E-state index contributed by atoms with van der Waals surface area (Å²) in [4.78, 5) is 18.5. The summed E-state index contributed by atoms with van der Waals surface area (Å²) in [5, 5.41) is 0. The van der Waals surface area contributed by atoms with E-state index in [0.29, 0.717) is 12.2 Å². The Labute approximate surface area is 112 Å². The number of carbonyl (C=O) groups is 1. The number of aryl methyl sites for hydroxylation is 2. The number of nitrogens with zero attached hydrogens (tertiary/aromatic N) is 1. The Morgan fingerprint density at radius 2 is 2.00 bits per heavy atom. The highest BCUT2D eigenvalue weighted by Gasteiger charge is 2.11. The largest absolute Gasteiger partial charge is 0.496 e. The molecule has 100 valence electrons. The van der Waals surface area contributed by atoms with Crippen LogP contribution in [-0.4, -0.2) is 22.9 Å². The fourth-order valence-corrected chi connectivity index (χ4v) is 1.99. The zero-order valence-corrected chi connectivity index (χ0v) is 11.7. The lowest BCUT2D eigenvalue weighted by molar-refractivity contribution is -0.116. The van der Waals surface area contributed by atoms with Crippen molar-refractivity contribution in [3.8, 4) is 17.0 Å². The number of carbonyl (C=O) groups excluding carboxylic acids is 1. The second-order valence-electron chi connectivity index (χ2n) is 4.76. The maximum atomic E-state index is 11.1. The van der Waals surface area contributed by atoms with Crippen LogP contribution in [0.4, 0.5) is 0 Å². The van der Waals surface area contributed by atoms with E-state index in [9.17, 15) is 4.79 Å². The Balaban J connectivity index is 2.43. The predicted molar refractivity (Wildman–Crippen MR) is 74.4 cm³/mol. The average molecular weight is 258 g/mol. The molecular formula is C15H18N2O2. The molecule has 19 heavy (non-hydrogen) atoms. The number of hydrogen-bond donors (Lipinski definition) is 1. The number of benzene rings is 1. The number of Topliss-reactive ketones (excluding diaryl/α,β-unsaturated/α-hetero) is 1. The molecule has 0 fully saturated rings. The van der Waals surface area contributed by atoms with E-state index in [1.54, 1.807) is 20.2 Å². The van der Waals surface area contributed by atoms with E-state index in [1.807, 2.05) is 6.07 Å². The van der Waals surface area contributed by atoms with Crippen molar-refractivity contribution in [2.24, 2.45) is 0 Å². The SMILES string of the molecule is COc1cc(C)c(C)cc1-c1cnc(CC(C)=O)[nH]1. The van der Waals surface area contributed by atoms with Gasteiger partial charge in [0.2, 0.25) is 0 Å². The summed E-state index contributed by atoms with van der Waals surface area (Å²) in [5.74, 6) is 1.58. The second kappa shape index (κ2) is 5.26. The number of nitrogens with one attached hydrogen (secondary N) is 1. The van der Waals surface area contributed by atoms with Gasteiger partial charge in [0.05, 0.1) is 25.4 Å². The molecule has 0 atom stereocenters. The van der Waals surface area contributed by atoms with E-state index >= 15 is 0 Å². The standard InChI is InChI=1S/C15H18N2O2/c1-9-5-12(14(19-4)6-10(9)2)13-8-16-15(17-13)7-11(3)18/h5-6,8H,7H2,1-4H3,(H,16,17). The number of rotatable bonds is 4. The van der Waals surface area contributed by atoms with Crippen LogP contribution >= 0.6 is 0 Å².